The summed E-state index contributed by atoms with van der Waals surface area (Å²) in [5.41, 5.74) is 3.91. The summed E-state index contributed by atoms with van der Waals surface area (Å²) in [7, 11) is 0. The van der Waals surface area contributed by atoms with Gasteiger partial charge in [0, 0.05) is 17.3 Å². The van der Waals surface area contributed by atoms with Crippen molar-refractivity contribution in [3.63, 3.8) is 0 Å². The first-order valence-corrected chi connectivity index (χ1v) is 10.0. The Morgan fingerprint density at radius 2 is 1.63 bits per heavy atom. The second-order valence-electron chi connectivity index (χ2n) is 7.24. The molecular formula is C22H16F6N6O. The zero-order valence-electron chi connectivity index (χ0n) is 17.9. The van der Waals surface area contributed by atoms with Crippen molar-refractivity contribution in [1.29, 1.82) is 0 Å². The maximum Gasteiger partial charge on any atom is 0.433 e. The maximum absolute atomic E-state index is 13.6. The second kappa shape index (κ2) is 8.89. The van der Waals surface area contributed by atoms with Gasteiger partial charge in [0.25, 0.3) is 0 Å². The van der Waals surface area contributed by atoms with Crippen LogP contribution in [0.15, 0.2) is 48.7 Å². The lowest BCUT2D eigenvalue weighted by molar-refractivity contribution is -0.141. The van der Waals surface area contributed by atoms with Crippen LogP contribution in [-0.2, 0) is 12.4 Å². The standard InChI is InChI=1S/C22H16F6N6O/c1-2-35-17-7-11(3-5-13(17)21(23,24)25)14-9-18(22(26,27)28)32-20(31-14)16-8-15(33-34-16)12-4-6-19(29)30-10-12/h3-10H,2H2,1H3,(H2,29,30)(H,33,34). The Bertz CT molecular complexity index is 1350. The fourth-order valence-corrected chi connectivity index (χ4v) is 3.19. The molecular weight excluding hydrogens is 478 g/mol. The fraction of sp³-hybridized carbons (Fsp3) is 0.182. The summed E-state index contributed by atoms with van der Waals surface area (Å²) in [5, 5.41) is 6.63. The molecule has 0 aliphatic heterocycles. The van der Waals surface area contributed by atoms with E-state index in [1.54, 1.807) is 6.07 Å². The van der Waals surface area contributed by atoms with Crippen LogP contribution in [0.4, 0.5) is 32.2 Å². The van der Waals surface area contributed by atoms with Crippen LogP contribution in [0.1, 0.15) is 18.2 Å². The highest BCUT2D eigenvalue weighted by atomic mass is 19.4. The van der Waals surface area contributed by atoms with E-state index in [4.69, 9.17) is 10.5 Å². The number of H-pyrrole nitrogens is 1. The van der Waals surface area contributed by atoms with Gasteiger partial charge in [-0.15, -0.1) is 0 Å². The van der Waals surface area contributed by atoms with E-state index in [0.717, 1.165) is 18.2 Å². The normalized spacial score (nSPS) is 12.1. The van der Waals surface area contributed by atoms with Gasteiger partial charge in [-0.05, 0) is 43.3 Å². The number of benzene rings is 1. The van der Waals surface area contributed by atoms with Crippen LogP contribution in [-0.4, -0.2) is 31.8 Å². The molecule has 1 aromatic carbocycles. The Hall–Kier alpha value is -4.16. The molecule has 3 N–H and O–H groups in total. The van der Waals surface area contributed by atoms with Crippen LogP contribution in [0, 0.1) is 0 Å². The zero-order valence-corrected chi connectivity index (χ0v) is 17.9. The Kier molecular flexibility index (Phi) is 6.09. The summed E-state index contributed by atoms with van der Waals surface area (Å²) in [6.45, 7) is 1.41. The first-order chi connectivity index (χ1) is 16.5. The quantitative estimate of drug-likeness (QED) is 0.350. The number of halogens is 6. The third-order valence-corrected chi connectivity index (χ3v) is 4.80. The van der Waals surface area contributed by atoms with E-state index in [2.05, 4.69) is 25.1 Å². The molecule has 0 atom stereocenters. The summed E-state index contributed by atoms with van der Waals surface area (Å²) in [5.74, 6) is -0.598. The molecule has 35 heavy (non-hydrogen) atoms. The SMILES string of the molecule is CCOc1cc(-c2cc(C(F)(F)F)nc(-c3cc(-c4ccc(N)nc4)n[nH]3)n2)ccc1C(F)(F)F. The van der Waals surface area contributed by atoms with E-state index in [9.17, 15) is 26.3 Å². The molecule has 0 saturated heterocycles. The lowest BCUT2D eigenvalue weighted by Crippen LogP contribution is -2.11. The molecule has 0 bridgehead atoms. The molecule has 0 aliphatic carbocycles. The van der Waals surface area contributed by atoms with E-state index >= 15 is 0 Å². The van der Waals surface area contributed by atoms with Gasteiger partial charge in [-0.1, -0.05) is 6.07 Å². The number of alkyl halides is 6. The summed E-state index contributed by atoms with van der Waals surface area (Å²) in [6.07, 6.45) is -8.11. The smallest absolute Gasteiger partial charge is 0.433 e. The number of nitrogens with one attached hydrogen (secondary N) is 1. The lowest BCUT2D eigenvalue weighted by atomic mass is 10.1. The molecule has 0 unspecified atom stereocenters. The van der Waals surface area contributed by atoms with E-state index in [1.165, 1.54) is 25.3 Å². The average Bonchev–Trinajstić information content (AvgIpc) is 3.28. The van der Waals surface area contributed by atoms with Gasteiger partial charge in [0.15, 0.2) is 5.82 Å². The number of rotatable bonds is 5. The lowest BCUT2D eigenvalue weighted by Gasteiger charge is -2.15. The number of aromatic amines is 1. The van der Waals surface area contributed by atoms with Gasteiger partial charge in [0.1, 0.15) is 23.0 Å². The van der Waals surface area contributed by atoms with Gasteiger partial charge in [-0.2, -0.15) is 31.4 Å². The first-order valence-electron chi connectivity index (χ1n) is 10.0. The van der Waals surface area contributed by atoms with Crippen LogP contribution in [0.2, 0.25) is 0 Å². The van der Waals surface area contributed by atoms with Crippen LogP contribution in [0.25, 0.3) is 34.0 Å². The predicted octanol–water partition coefficient (Wildman–Crippen LogP) is 5.61. The largest absolute Gasteiger partial charge is 0.493 e. The molecule has 182 valence electrons. The molecule has 3 heterocycles. The van der Waals surface area contributed by atoms with Crippen molar-refractivity contribution in [2.24, 2.45) is 0 Å². The highest BCUT2D eigenvalue weighted by Gasteiger charge is 2.36. The van der Waals surface area contributed by atoms with Gasteiger partial charge in [-0.25, -0.2) is 15.0 Å². The summed E-state index contributed by atoms with van der Waals surface area (Å²) in [6, 6.07) is 7.99. The van der Waals surface area contributed by atoms with E-state index in [0.29, 0.717) is 17.3 Å². The maximum atomic E-state index is 13.6. The number of hydrogen-bond acceptors (Lipinski definition) is 6. The van der Waals surface area contributed by atoms with Crippen LogP contribution in [0.5, 0.6) is 5.75 Å². The van der Waals surface area contributed by atoms with E-state index in [-0.39, 0.29) is 35.2 Å². The number of hydrogen-bond donors (Lipinski definition) is 2. The number of nitrogens with two attached hydrogens (primary N) is 1. The molecule has 7 nitrogen and oxygen atoms in total. The summed E-state index contributed by atoms with van der Waals surface area (Å²) in [4.78, 5) is 11.7. The molecule has 0 amide bonds. The van der Waals surface area contributed by atoms with Crippen molar-refractivity contribution in [3.05, 3.63) is 59.9 Å². The highest BCUT2D eigenvalue weighted by molar-refractivity contribution is 5.68. The Morgan fingerprint density at radius 3 is 2.26 bits per heavy atom. The van der Waals surface area contributed by atoms with E-state index < -0.39 is 29.4 Å². The molecule has 0 fully saturated rings. The van der Waals surface area contributed by atoms with Crippen molar-refractivity contribution >= 4 is 5.82 Å². The molecule has 13 heteroatoms. The third kappa shape index (κ3) is 5.18. The van der Waals surface area contributed by atoms with Crippen molar-refractivity contribution < 1.29 is 31.1 Å². The topological polar surface area (TPSA) is 103 Å². The molecule has 3 aromatic heterocycles. The number of nitrogen functional groups attached to an aromatic ring is 1. The second-order valence-corrected chi connectivity index (χ2v) is 7.24. The molecule has 0 aliphatic rings. The monoisotopic (exact) mass is 494 g/mol. The van der Waals surface area contributed by atoms with Gasteiger partial charge in [0.05, 0.1) is 23.6 Å². The van der Waals surface area contributed by atoms with E-state index in [1.807, 2.05) is 0 Å². The zero-order chi connectivity index (χ0) is 25.4. The minimum atomic E-state index is -4.84. The number of pyridine rings is 1. The Morgan fingerprint density at radius 1 is 0.886 bits per heavy atom. The molecule has 0 saturated carbocycles. The Balaban J connectivity index is 1.82. The minimum absolute atomic E-state index is 0.0157. The number of ether oxygens (including phenoxy) is 1. The molecule has 0 radical (unpaired) electrons. The first kappa shape index (κ1) is 24.0. The molecule has 4 aromatic rings. The van der Waals surface area contributed by atoms with Crippen molar-refractivity contribution in [1.82, 2.24) is 25.1 Å². The third-order valence-electron chi connectivity index (χ3n) is 4.80. The summed E-state index contributed by atoms with van der Waals surface area (Å²) < 4.78 is 85.8. The fourth-order valence-electron chi connectivity index (χ4n) is 3.19. The minimum Gasteiger partial charge on any atom is -0.493 e. The van der Waals surface area contributed by atoms with Gasteiger partial charge < -0.3 is 10.5 Å². The van der Waals surface area contributed by atoms with Gasteiger partial charge in [-0.3, -0.25) is 5.10 Å². The van der Waals surface area contributed by atoms with Crippen LogP contribution in [0.3, 0.4) is 0 Å². The van der Waals surface area contributed by atoms with Crippen LogP contribution < -0.4 is 10.5 Å². The Labute approximate surface area is 194 Å². The van der Waals surface area contributed by atoms with Crippen LogP contribution >= 0.6 is 0 Å². The number of aromatic nitrogens is 5. The van der Waals surface area contributed by atoms with Crippen molar-refractivity contribution in [2.75, 3.05) is 12.3 Å². The number of anilines is 1. The average molecular weight is 494 g/mol. The molecule has 0 spiro atoms. The number of nitrogens with zero attached hydrogens (tertiary/aromatic N) is 4. The van der Waals surface area contributed by atoms with Gasteiger partial charge >= 0.3 is 12.4 Å². The highest BCUT2D eigenvalue weighted by Crippen LogP contribution is 2.39. The van der Waals surface area contributed by atoms with Crippen molar-refractivity contribution in [2.45, 2.75) is 19.3 Å². The predicted molar refractivity (Wildman–Crippen MR) is 114 cm³/mol. The summed E-state index contributed by atoms with van der Waals surface area (Å²) >= 11 is 0. The van der Waals surface area contributed by atoms with Crippen molar-refractivity contribution in [3.8, 4) is 39.8 Å². The van der Waals surface area contributed by atoms with Gasteiger partial charge in [0.2, 0.25) is 0 Å². The molecule has 4 rings (SSSR count).